The summed E-state index contributed by atoms with van der Waals surface area (Å²) in [6.07, 6.45) is 0. The maximum absolute atomic E-state index is 12.7. The average molecular weight is 453 g/mol. The minimum Gasteiger partial charge on any atom is -0.496 e. The van der Waals surface area contributed by atoms with Gasteiger partial charge in [-0.1, -0.05) is 25.4 Å². The number of carbonyl (C=O) groups is 1. The standard InChI is InChI=1S/C22H29ClN2O4S/c1-14(2)19-12-20(15(3)11-21(19)29-6)16(4)24-22(26)13-25(5)30(27,28)18-9-7-17(23)8-10-18/h7-12,14,16H,13H2,1-6H3,(H,24,26)/t16-/m0/s1. The third-order valence-electron chi connectivity index (χ3n) is 4.97. The molecule has 0 radical (unpaired) electrons. The number of likely N-dealkylation sites (N-methyl/N-ethyl adjacent to an activating group) is 1. The van der Waals surface area contributed by atoms with E-state index in [1.54, 1.807) is 7.11 Å². The van der Waals surface area contributed by atoms with E-state index in [2.05, 4.69) is 19.2 Å². The third kappa shape index (κ3) is 5.53. The SMILES string of the molecule is COc1cc(C)c([C@H](C)NC(=O)CN(C)S(=O)(=O)c2ccc(Cl)cc2)cc1C(C)C. The van der Waals surface area contributed by atoms with Crippen molar-refractivity contribution in [2.75, 3.05) is 20.7 Å². The van der Waals surface area contributed by atoms with Gasteiger partial charge in [0.2, 0.25) is 15.9 Å². The fraction of sp³-hybridized carbons (Fsp3) is 0.409. The summed E-state index contributed by atoms with van der Waals surface area (Å²) in [7, 11) is -0.769. The first-order valence-electron chi connectivity index (χ1n) is 9.67. The molecule has 2 aromatic rings. The van der Waals surface area contributed by atoms with Gasteiger partial charge in [0.25, 0.3) is 0 Å². The Morgan fingerprint density at radius 2 is 1.73 bits per heavy atom. The molecule has 0 aliphatic heterocycles. The molecule has 30 heavy (non-hydrogen) atoms. The van der Waals surface area contributed by atoms with Crippen molar-refractivity contribution in [1.29, 1.82) is 0 Å². The average Bonchev–Trinajstić information content (AvgIpc) is 2.67. The van der Waals surface area contributed by atoms with Crippen LogP contribution in [0.25, 0.3) is 0 Å². The molecule has 1 N–H and O–H groups in total. The molecule has 8 heteroatoms. The second kappa shape index (κ2) is 9.81. The van der Waals surface area contributed by atoms with Gasteiger partial charge in [0, 0.05) is 12.1 Å². The Kier molecular flexibility index (Phi) is 7.91. The Balaban J connectivity index is 2.14. The van der Waals surface area contributed by atoms with Gasteiger partial charge >= 0.3 is 0 Å². The highest BCUT2D eigenvalue weighted by Gasteiger charge is 2.24. The smallest absolute Gasteiger partial charge is 0.243 e. The number of nitrogens with zero attached hydrogens (tertiary/aromatic N) is 1. The highest BCUT2D eigenvalue weighted by molar-refractivity contribution is 7.89. The summed E-state index contributed by atoms with van der Waals surface area (Å²) in [5.41, 5.74) is 3.02. The lowest BCUT2D eigenvalue weighted by Crippen LogP contribution is -2.39. The number of hydrogen-bond acceptors (Lipinski definition) is 4. The van der Waals surface area contributed by atoms with Crippen LogP contribution in [0.1, 0.15) is 49.4 Å². The Hall–Kier alpha value is -2.09. The molecule has 0 heterocycles. The summed E-state index contributed by atoms with van der Waals surface area (Å²) in [5, 5.41) is 3.34. The van der Waals surface area contributed by atoms with Crippen molar-refractivity contribution in [3.05, 3.63) is 58.1 Å². The van der Waals surface area contributed by atoms with E-state index >= 15 is 0 Å². The Morgan fingerprint density at radius 3 is 2.27 bits per heavy atom. The number of halogens is 1. The largest absolute Gasteiger partial charge is 0.496 e. The lowest BCUT2D eigenvalue weighted by Gasteiger charge is -2.22. The Labute approximate surface area is 184 Å². The first-order valence-corrected chi connectivity index (χ1v) is 11.5. The molecule has 1 atom stereocenters. The molecule has 6 nitrogen and oxygen atoms in total. The summed E-state index contributed by atoms with van der Waals surface area (Å²) in [6, 6.07) is 9.56. The molecule has 0 aromatic heterocycles. The summed E-state index contributed by atoms with van der Waals surface area (Å²) in [4.78, 5) is 12.6. The molecular formula is C22H29ClN2O4S. The van der Waals surface area contributed by atoms with E-state index in [0.29, 0.717) is 5.02 Å². The minimum atomic E-state index is -3.79. The first-order chi connectivity index (χ1) is 14.0. The number of methoxy groups -OCH3 is 1. The molecule has 2 aromatic carbocycles. The van der Waals surface area contributed by atoms with E-state index in [4.69, 9.17) is 16.3 Å². The van der Waals surface area contributed by atoms with Crippen LogP contribution in [0.4, 0.5) is 0 Å². The Morgan fingerprint density at radius 1 is 1.13 bits per heavy atom. The van der Waals surface area contributed by atoms with Crippen molar-refractivity contribution in [3.63, 3.8) is 0 Å². The molecule has 164 valence electrons. The summed E-state index contributed by atoms with van der Waals surface area (Å²) in [5.74, 6) is 0.695. The predicted molar refractivity (Wildman–Crippen MR) is 120 cm³/mol. The highest BCUT2D eigenvalue weighted by atomic mass is 35.5. The number of ether oxygens (including phenoxy) is 1. The Bertz CT molecular complexity index is 1000. The number of carbonyl (C=O) groups excluding carboxylic acids is 1. The van der Waals surface area contributed by atoms with E-state index in [-0.39, 0.29) is 29.3 Å². The topological polar surface area (TPSA) is 75.7 Å². The van der Waals surface area contributed by atoms with Crippen molar-refractivity contribution in [2.24, 2.45) is 0 Å². The van der Waals surface area contributed by atoms with Crippen molar-refractivity contribution in [2.45, 2.75) is 44.6 Å². The summed E-state index contributed by atoms with van der Waals surface area (Å²) in [6.45, 7) is 7.71. The molecular weight excluding hydrogens is 424 g/mol. The van der Waals surface area contributed by atoms with Gasteiger partial charge in [-0.05, 0) is 72.9 Å². The maximum atomic E-state index is 12.7. The van der Waals surface area contributed by atoms with Crippen LogP contribution in [0.15, 0.2) is 41.3 Å². The monoisotopic (exact) mass is 452 g/mol. The number of hydrogen-bond donors (Lipinski definition) is 1. The lowest BCUT2D eigenvalue weighted by atomic mass is 9.93. The molecule has 1 amide bonds. The van der Waals surface area contributed by atoms with Crippen molar-refractivity contribution in [3.8, 4) is 5.75 Å². The second-order valence-electron chi connectivity index (χ2n) is 7.61. The highest BCUT2D eigenvalue weighted by Crippen LogP contribution is 2.32. The molecule has 2 rings (SSSR count). The van der Waals surface area contributed by atoms with Crippen molar-refractivity contribution in [1.82, 2.24) is 9.62 Å². The van der Waals surface area contributed by atoms with Crippen LogP contribution in [0.5, 0.6) is 5.75 Å². The van der Waals surface area contributed by atoms with Gasteiger partial charge in [-0.3, -0.25) is 4.79 Å². The molecule has 0 unspecified atom stereocenters. The number of sulfonamides is 1. The van der Waals surface area contributed by atoms with Gasteiger partial charge in [-0.15, -0.1) is 0 Å². The zero-order valence-electron chi connectivity index (χ0n) is 18.2. The maximum Gasteiger partial charge on any atom is 0.243 e. The quantitative estimate of drug-likeness (QED) is 0.648. The van der Waals surface area contributed by atoms with Gasteiger partial charge in [0.05, 0.1) is 24.6 Å². The summed E-state index contributed by atoms with van der Waals surface area (Å²) >= 11 is 5.82. The number of nitrogens with one attached hydrogen (secondary N) is 1. The van der Waals surface area contributed by atoms with E-state index < -0.39 is 10.0 Å². The molecule has 0 bridgehead atoms. The van der Waals surface area contributed by atoms with E-state index in [9.17, 15) is 13.2 Å². The van der Waals surface area contributed by atoms with Crippen LogP contribution in [0.2, 0.25) is 5.02 Å². The van der Waals surface area contributed by atoms with Crippen molar-refractivity contribution < 1.29 is 17.9 Å². The fourth-order valence-corrected chi connectivity index (χ4v) is 4.50. The van der Waals surface area contributed by atoms with E-state index in [1.165, 1.54) is 31.3 Å². The summed E-state index contributed by atoms with van der Waals surface area (Å²) < 4.78 is 31.8. The number of amides is 1. The number of benzene rings is 2. The van der Waals surface area contributed by atoms with E-state index in [1.807, 2.05) is 26.0 Å². The zero-order chi connectivity index (χ0) is 22.6. The molecule has 0 saturated heterocycles. The van der Waals surface area contributed by atoms with E-state index in [0.717, 1.165) is 26.7 Å². The molecule has 0 aliphatic carbocycles. The van der Waals surface area contributed by atoms with Crippen LogP contribution < -0.4 is 10.1 Å². The molecule has 0 spiro atoms. The number of rotatable bonds is 8. The van der Waals surface area contributed by atoms with Crippen LogP contribution in [-0.4, -0.2) is 39.3 Å². The molecule has 0 aliphatic rings. The van der Waals surface area contributed by atoms with Gasteiger partial charge in [0.15, 0.2) is 0 Å². The van der Waals surface area contributed by atoms with Crippen LogP contribution in [0, 0.1) is 6.92 Å². The number of aryl methyl sites for hydroxylation is 1. The molecule has 0 fully saturated rings. The predicted octanol–water partition coefficient (Wildman–Crippen LogP) is 4.28. The third-order valence-corrected chi connectivity index (χ3v) is 7.04. The lowest BCUT2D eigenvalue weighted by molar-refractivity contribution is -0.121. The fourth-order valence-electron chi connectivity index (χ4n) is 3.25. The van der Waals surface area contributed by atoms with Crippen LogP contribution in [-0.2, 0) is 14.8 Å². The zero-order valence-corrected chi connectivity index (χ0v) is 19.8. The van der Waals surface area contributed by atoms with Crippen LogP contribution >= 0.6 is 11.6 Å². The van der Waals surface area contributed by atoms with Gasteiger partial charge < -0.3 is 10.1 Å². The van der Waals surface area contributed by atoms with Gasteiger partial charge in [-0.25, -0.2) is 8.42 Å². The van der Waals surface area contributed by atoms with Crippen LogP contribution in [0.3, 0.4) is 0 Å². The second-order valence-corrected chi connectivity index (χ2v) is 10.1. The minimum absolute atomic E-state index is 0.0859. The van der Waals surface area contributed by atoms with Gasteiger partial charge in [0.1, 0.15) is 5.75 Å². The normalized spacial score (nSPS) is 12.8. The van der Waals surface area contributed by atoms with Crippen molar-refractivity contribution >= 4 is 27.5 Å². The molecule has 0 saturated carbocycles. The first kappa shape index (κ1) is 24.2. The van der Waals surface area contributed by atoms with Gasteiger partial charge in [-0.2, -0.15) is 4.31 Å².